The van der Waals surface area contributed by atoms with E-state index in [1.807, 2.05) is 0 Å². The van der Waals surface area contributed by atoms with Gasteiger partial charge >= 0.3 is 0 Å². The standard InChI is InChI=1S/C18H21NO/c20-13-6-2-1-3-8-14-9-7-11-16-15-10-4-5-12-17(15)19-18(14)16/h4-5,7,9-12,19-20H,1-3,6,8,13H2. The number of nitrogens with one attached hydrogen (secondary N) is 1. The van der Waals surface area contributed by atoms with Crippen LogP contribution in [0.2, 0.25) is 0 Å². The molecule has 0 saturated carbocycles. The fourth-order valence-electron chi connectivity index (χ4n) is 2.92. The van der Waals surface area contributed by atoms with Gasteiger partial charge in [-0.05, 0) is 30.9 Å². The van der Waals surface area contributed by atoms with Gasteiger partial charge < -0.3 is 10.1 Å². The number of hydrogen-bond donors (Lipinski definition) is 2. The lowest BCUT2D eigenvalue weighted by Gasteiger charge is -2.03. The van der Waals surface area contributed by atoms with E-state index >= 15 is 0 Å². The van der Waals surface area contributed by atoms with E-state index in [1.165, 1.54) is 40.2 Å². The Hall–Kier alpha value is -1.80. The van der Waals surface area contributed by atoms with Crippen LogP contribution < -0.4 is 0 Å². The number of aliphatic hydroxyl groups is 1. The number of aryl methyl sites for hydroxylation is 1. The lowest BCUT2D eigenvalue weighted by atomic mass is 10.0. The first-order chi connectivity index (χ1) is 9.90. The minimum absolute atomic E-state index is 0.317. The summed E-state index contributed by atoms with van der Waals surface area (Å²) in [6.07, 6.45) is 5.54. The monoisotopic (exact) mass is 267 g/mol. The van der Waals surface area contributed by atoms with Crippen molar-refractivity contribution in [3.8, 4) is 0 Å². The van der Waals surface area contributed by atoms with Crippen LogP contribution in [0.15, 0.2) is 42.5 Å². The minimum atomic E-state index is 0.317. The highest BCUT2D eigenvalue weighted by atomic mass is 16.2. The Morgan fingerprint density at radius 1 is 0.800 bits per heavy atom. The summed E-state index contributed by atoms with van der Waals surface area (Å²) >= 11 is 0. The lowest BCUT2D eigenvalue weighted by molar-refractivity contribution is 0.282. The van der Waals surface area contributed by atoms with Crippen LogP contribution in [0.25, 0.3) is 21.8 Å². The van der Waals surface area contributed by atoms with Gasteiger partial charge in [-0.2, -0.15) is 0 Å². The summed E-state index contributed by atoms with van der Waals surface area (Å²) < 4.78 is 0. The molecule has 0 aliphatic rings. The molecular weight excluding hydrogens is 246 g/mol. The highest BCUT2D eigenvalue weighted by Gasteiger charge is 2.06. The molecule has 1 aromatic heterocycles. The van der Waals surface area contributed by atoms with Gasteiger partial charge in [-0.3, -0.25) is 0 Å². The van der Waals surface area contributed by atoms with Crippen molar-refractivity contribution in [3.63, 3.8) is 0 Å². The number of para-hydroxylation sites is 2. The smallest absolute Gasteiger partial charge is 0.0497 e. The number of aliphatic hydroxyl groups excluding tert-OH is 1. The van der Waals surface area contributed by atoms with Crippen LogP contribution in [0, 0.1) is 0 Å². The SMILES string of the molecule is OCCCCCCc1cccc2c1[nH]c1ccccc12. The van der Waals surface area contributed by atoms with Gasteiger partial charge in [0.2, 0.25) is 0 Å². The molecule has 0 amide bonds. The number of unbranched alkanes of at least 4 members (excludes halogenated alkanes) is 3. The minimum Gasteiger partial charge on any atom is -0.396 e. The van der Waals surface area contributed by atoms with E-state index in [-0.39, 0.29) is 0 Å². The van der Waals surface area contributed by atoms with Gasteiger partial charge in [0.1, 0.15) is 0 Å². The van der Waals surface area contributed by atoms with Crippen molar-refractivity contribution in [1.82, 2.24) is 4.98 Å². The van der Waals surface area contributed by atoms with Crippen LogP contribution in [0.5, 0.6) is 0 Å². The predicted octanol–water partition coefficient (Wildman–Crippen LogP) is 4.42. The van der Waals surface area contributed by atoms with Gasteiger partial charge in [0, 0.05) is 28.4 Å². The zero-order valence-electron chi connectivity index (χ0n) is 11.7. The molecule has 104 valence electrons. The summed E-state index contributed by atoms with van der Waals surface area (Å²) in [6.45, 7) is 0.317. The second-order valence-corrected chi connectivity index (χ2v) is 5.40. The Bertz CT molecular complexity index is 699. The maximum absolute atomic E-state index is 8.80. The van der Waals surface area contributed by atoms with Crippen LogP contribution >= 0.6 is 0 Å². The van der Waals surface area contributed by atoms with Gasteiger partial charge in [-0.15, -0.1) is 0 Å². The van der Waals surface area contributed by atoms with Crippen LogP contribution in [0.3, 0.4) is 0 Å². The number of aromatic amines is 1. The first kappa shape index (κ1) is 13.2. The highest BCUT2D eigenvalue weighted by molar-refractivity contribution is 6.08. The van der Waals surface area contributed by atoms with Gasteiger partial charge in [0.05, 0.1) is 0 Å². The molecule has 2 nitrogen and oxygen atoms in total. The Morgan fingerprint density at radius 2 is 1.60 bits per heavy atom. The molecule has 0 aliphatic carbocycles. The Labute approximate surface area is 119 Å². The average molecular weight is 267 g/mol. The van der Waals surface area contributed by atoms with E-state index in [4.69, 9.17) is 5.11 Å². The molecular formula is C18H21NO. The molecule has 2 aromatic carbocycles. The summed E-state index contributed by atoms with van der Waals surface area (Å²) in [6, 6.07) is 15.1. The van der Waals surface area contributed by atoms with Crippen molar-refractivity contribution < 1.29 is 5.11 Å². The van der Waals surface area contributed by atoms with Crippen molar-refractivity contribution in [2.75, 3.05) is 6.61 Å². The second-order valence-electron chi connectivity index (χ2n) is 5.40. The largest absolute Gasteiger partial charge is 0.396 e. The molecule has 0 fully saturated rings. The molecule has 0 radical (unpaired) electrons. The molecule has 0 spiro atoms. The van der Waals surface area contributed by atoms with Crippen molar-refractivity contribution in [2.45, 2.75) is 32.1 Å². The van der Waals surface area contributed by atoms with E-state index in [2.05, 4.69) is 47.4 Å². The first-order valence-electron chi connectivity index (χ1n) is 7.49. The van der Waals surface area contributed by atoms with Gasteiger partial charge in [-0.1, -0.05) is 49.2 Å². The summed E-state index contributed by atoms with van der Waals surface area (Å²) in [4.78, 5) is 3.56. The molecule has 0 aliphatic heterocycles. The molecule has 2 heteroatoms. The summed E-state index contributed by atoms with van der Waals surface area (Å²) in [5.74, 6) is 0. The van der Waals surface area contributed by atoms with Crippen molar-refractivity contribution >= 4 is 21.8 Å². The van der Waals surface area contributed by atoms with E-state index in [9.17, 15) is 0 Å². The predicted molar refractivity (Wildman–Crippen MR) is 85.1 cm³/mol. The number of H-pyrrole nitrogens is 1. The molecule has 0 unspecified atom stereocenters. The number of rotatable bonds is 6. The van der Waals surface area contributed by atoms with Gasteiger partial charge in [0.15, 0.2) is 0 Å². The fraction of sp³-hybridized carbons (Fsp3) is 0.333. The quantitative estimate of drug-likeness (QED) is 0.637. The van der Waals surface area contributed by atoms with Crippen molar-refractivity contribution in [1.29, 1.82) is 0 Å². The molecule has 3 aromatic rings. The molecule has 0 saturated heterocycles. The van der Waals surface area contributed by atoms with Crippen LogP contribution in [-0.4, -0.2) is 16.7 Å². The van der Waals surface area contributed by atoms with Gasteiger partial charge in [0.25, 0.3) is 0 Å². The van der Waals surface area contributed by atoms with E-state index in [0.717, 1.165) is 19.3 Å². The lowest BCUT2D eigenvalue weighted by Crippen LogP contribution is -1.89. The number of hydrogen-bond acceptors (Lipinski definition) is 1. The van der Waals surface area contributed by atoms with Crippen LogP contribution in [0.4, 0.5) is 0 Å². The topological polar surface area (TPSA) is 36.0 Å². The average Bonchev–Trinajstić information content (AvgIpc) is 2.87. The van der Waals surface area contributed by atoms with Crippen LogP contribution in [-0.2, 0) is 6.42 Å². The van der Waals surface area contributed by atoms with Crippen LogP contribution in [0.1, 0.15) is 31.2 Å². The first-order valence-corrected chi connectivity index (χ1v) is 7.49. The van der Waals surface area contributed by atoms with E-state index < -0.39 is 0 Å². The molecule has 20 heavy (non-hydrogen) atoms. The third kappa shape index (κ3) is 2.56. The van der Waals surface area contributed by atoms with Gasteiger partial charge in [-0.25, -0.2) is 0 Å². The summed E-state index contributed by atoms with van der Waals surface area (Å²) in [5, 5.41) is 11.4. The second kappa shape index (κ2) is 6.10. The number of benzene rings is 2. The Kier molecular flexibility index (Phi) is 4.03. The zero-order valence-corrected chi connectivity index (χ0v) is 11.7. The Morgan fingerprint density at radius 3 is 2.50 bits per heavy atom. The summed E-state index contributed by atoms with van der Waals surface area (Å²) in [7, 11) is 0. The maximum atomic E-state index is 8.80. The van der Waals surface area contributed by atoms with E-state index in [1.54, 1.807) is 0 Å². The fourth-order valence-corrected chi connectivity index (χ4v) is 2.92. The molecule has 1 heterocycles. The molecule has 0 atom stereocenters. The zero-order chi connectivity index (χ0) is 13.8. The van der Waals surface area contributed by atoms with Crippen molar-refractivity contribution in [2.24, 2.45) is 0 Å². The number of aromatic nitrogens is 1. The Balaban J connectivity index is 1.84. The normalized spacial score (nSPS) is 11.4. The molecule has 2 N–H and O–H groups in total. The molecule has 0 bridgehead atoms. The number of fused-ring (bicyclic) bond motifs is 3. The maximum Gasteiger partial charge on any atom is 0.0497 e. The third-order valence-corrected chi connectivity index (χ3v) is 3.98. The highest BCUT2D eigenvalue weighted by Crippen LogP contribution is 2.28. The molecule has 3 rings (SSSR count). The van der Waals surface area contributed by atoms with Crippen molar-refractivity contribution in [3.05, 3.63) is 48.0 Å². The third-order valence-electron chi connectivity index (χ3n) is 3.98. The summed E-state index contributed by atoms with van der Waals surface area (Å²) in [5.41, 5.74) is 3.91. The van der Waals surface area contributed by atoms with E-state index in [0.29, 0.717) is 6.61 Å².